The molecule has 2 aromatic heterocycles. The monoisotopic (exact) mass is 453 g/mol. The van der Waals surface area contributed by atoms with Crippen LogP contribution in [0.2, 0.25) is 0 Å². The van der Waals surface area contributed by atoms with Crippen molar-refractivity contribution in [3.8, 4) is 11.3 Å². The minimum atomic E-state index is -0.650. The van der Waals surface area contributed by atoms with E-state index in [9.17, 15) is 14.0 Å². The summed E-state index contributed by atoms with van der Waals surface area (Å²) in [5.41, 5.74) is 1.67. The molecule has 0 unspecified atom stereocenters. The molecule has 7 nitrogen and oxygen atoms in total. The summed E-state index contributed by atoms with van der Waals surface area (Å²) in [6.45, 7) is 1.04. The molecule has 1 saturated heterocycles. The van der Waals surface area contributed by atoms with Gasteiger partial charge < -0.3 is 15.6 Å². The lowest BCUT2D eigenvalue weighted by molar-refractivity contribution is 0.0847. The molecule has 6 rings (SSSR count). The SMILES string of the molecule is O=C(NC1(c2ccc(F)cc2)CNC1)c1cc2c(=O)[nH]c(-c3ccc4ccccc4c3)cn2n1. The smallest absolute Gasteiger partial charge is 0.274 e. The first-order chi connectivity index (χ1) is 16.5. The molecule has 0 radical (unpaired) electrons. The molecule has 1 aliphatic heterocycles. The summed E-state index contributed by atoms with van der Waals surface area (Å²) in [6.07, 6.45) is 1.71. The van der Waals surface area contributed by atoms with Gasteiger partial charge in [0.25, 0.3) is 11.5 Å². The van der Waals surface area contributed by atoms with Crippen molar-refractivity contribution in [2.24, 2.45) is 0 Å². The van der Waals surface area contributed by atoms with Crippen molar-refractivity contribution in [3.05, 3.63) is 106 Å². The van der Waals surface area contributed by atoms with Crippen molar-refractivity contribution < 1.29 is 9.18 Å². The Morgan fingerprint density at radius 3 is 2.50 bits per heavy atom. The fourth-order valence-corrected chi connectivity index (χ4v) is 4.41. The number of hydrogen-bond acceptors (Lipinski definition) is 4. The van der Waals surface area contributed by atoms with E-state index in [-0.39, 0.29) is 22.6 Å². The Morgan fingerprint density at radius 1 is 1.00 bits per heavy atom. The molecule has 0 atom stereocenters. The van der Waals surface area contributed by atoms with Crippen LogP contribution in [0, 0.1) is 5.82 Å². The van der Waals surface area contributed by atoms with E-state index < -0.39 is 11.4 Å². The third-order valence-corrected chi connectivity index (χ3v) is 6.36. The van der Waals surface area contributed by atoms with Crippen LogP contribution in [0.4, 0.5) is 4.39 Å². The summed E-state index contributed by atoms with van der Waals surface area (Å²) in [6, 6.07) is 21.5. The Bertz CT molecular complexity index is 1620. The predicted octanol–water partition coefficient (Wildman–Crippen LogP) is 3.21. The second kappa shape index (κ2) is 7.64. The Hall–Kier alpha value is -4.30. The largest absolute Gasteiger partial charge is 0.339 e. The average molecular weight is 453 g/mol. The molecular formula is C26H20FN5O2. The van der Waals surface area contributed by atoms with Crippen molar-refractivity contribution in [1.82, 2.24) is 25.2 Å². The number of H-pyrrole nitrogens is 1. The lowest BCUT2D eigenvalue weighted by atomic mass is 9.84. The topological polar surface area (TPSA) is 91.3 Å². The van der Waals surface area contributed by atoms with E-state index in [1.807, 2.05) is 42.5 Å². The van der Waals surface area contributed by atoms with Crippen LogP contribution in [0.25, 0.3) is 27.5 Å². The highest BCUT2D eigenvalue weighted by molar-refractivity contribution is 5.94. The van der Waals surface area contributed by atoms with Gasteiger partial charge in [-0.25, -0.2) is 8.91 Å². The fourth-order valence-electron chi connectivity index (χ4n) is 4.41. The Labute approximate surface area is 193 Å². The highest BCUT2D eigenvalue weighted by Crippen LogP contribution is 2.27. The molecule has 8 heteroatoms. The van der Waals surface area contributed by atoms with Gasteiger partial charge >= 0.3 is 0 Å². The van der Waals surface area contributed by atoms with Crippen molar-refractivity contribution in [2.45, 2.75) is 5.54 Å². The summed E-state index contributed by atoms with van der Waals surface area (Å²) in [7, 11) is 0. The number of amides is 1. The maximum absolute atomic E-state index is 13.4. The van der Waals surface area contributed by atoms with Gasteiger partial charge in [0.1, 0.15) is 11.3 Å². The number of fused-ring (bicyclic) bond motifs is 2. The van der Waals surface area contributed by atoms with Crippen molar-refractivity contribution in [2.75, 3.05) is 13.1 Å². The molecule has 3 N–H and O–H groups in total. The van der Waals surface area contributed by atoms with Gasteiger partial charge in [-0.2, -0.15) is 5.10 Å². The number of aromatic nitrogens is 3. The normalized spacial score (nSPS) is 14.7. The zero-order valence-corrected chi connectivity index (χ0v) is 18.0. The number of halogens is 1. The number of nitrogens with one attached hydrogen (secondary N) is 3. The summed E-state index contributed by atoms with van der Waals surface area (Å²) < 4.78 is 14.8. The molecule has 0 saturated carbocycles. The number of carbonyl (C=O) groups excluding carboxylic acids is 1. The van der Waals surface area contributed by atoms with Gasteiger partial charge in [0.05, 0.1) is 17.4 Å². The Morgan fingerprint density at radius 2 is 1.76 bits per heavy atom. The van der Waals surface area contributed by atoms with E-state index in [1.165, 1.54) is 22.7 Å². The first kappa shape index (κ1) is 20.3. The van der Waals surface area contributed by atoms with Crippen LogP contribution >= 0.6 is 0 Å². The molecule has 1 aliphatic rings. The minimum absolute atomic E-state index is 0.134. The van der Waals surface area contributed by atoms with Crippen molar-refractivity contribution >= 4 is 22.2 Å². The molecule has 34 heavy (non-hydrogen) atoms. The summed E-state index contributed by atoms with van der Waals surface area (Å²) in [4.78, 5) is 28.8. The second-order valence-corrected chi connectivity index (χ2v) is 8.56. The van der Waals surface area contributed by atoms with Crippen LogP contribution in [-0.2, 0) is 5.54 Å². The maximum Gasteiger partial charge on any atom is 0.274 e. The zero-order valence-electron chi connectivity index (χ0n) is 18.0. The number of nitrogens with zero attached hydrogens (tertiary/aromatic N) is 2. The number of carbonyl (C=O) groups is 1. The molecule has 1 fully saturated rings. The standard InChI is InChI=1S/C26H20FN5O2/c27-20-9-7-19(8-10-20)26(14-28-15-26)30-24(33)21-12-23-25(34)29-22(13-32(23)31-21)18-6-5-16-3-1-2-4-17(16)11-18/h1-13,28H,14-15H2,(H,29,34)(H,30,33). The maximum atomic E-state index is 13.4. The van der Waals surface area contributed by atoms with Crippen LogP contribution < -0.4 is 16.2 Å². The molecule has 0 aliphatic carbocycles. The molecule has 0 bridgehead atoms. The van der Waals surface area contributed by atoms with E-state index in [2.05, 4.69) is 20.7 Å². The van der Waals surface area contributed by atoms with Gasteiger partial charge in [-0.15, -0.1) is 0 Å². The second-order valence-electron chi connectivity index (χ2n) is 8.56. The van der Waals surface area contributed by atoms with Crippen LogP contribution in [-0.4, -0.2) is 33.6 Å². The quantitative estimate of drug-likeness (QED) is 0.390. The van der Waals surface area contributed by atoms with Crippen LogP contribution in [0.3, 0.4) is 0 Å². The molecule has 3 aromatic carbocycles. The van der Waals surface area contributed by atoms with Crippen LogP contribution in [0.1, 0.15) is 16.1 Å². The van der Waals surface area contributed by atoms with Crippen molar-refractivity contribution in [3.63, 3.8) is 0 Å². The van der Waals surface area contributed by atoms with Gasteiger partial charge in [-0.3, -0.25) is 9.59 Å². The molecule has 1 amide bonds. The van der Waals surface area contributed by atoms with E-state index in [0.717, 1.165) is 21.9 Å². The highest BCUT2D eigenvalue weighted by Gasteiger charge is 2.40. The zero-order chi connectivity index (χ0) is 23.3. The first-order valence-electron chi connectivity index (χ1n) is 10.9. The van der Waals surface area contributed by atoms with E-state index in [0.29, 0.717) is 18.8 Å². The third-order valence-electron chi connectivity index (χ3n) is 6.36. The number of benzene rings is 3. The Balaban J connectivity index is 1.33. The predicted molar refractivity (Wildman–Crippen MR) is 127 cm³/mol. The fraction of sp³-hybridized carbons (Fsp3) is 0.115. The third kappa shape index (κ3) is 3.36. The van der Waals surface area contributed by atoms with Crippen molar-refractivity contribution in [1.29, 1.82) is 0 Å². The Kier molecular flexibility index (Phi) is 4.56. The van der Waals surface area contributed by atoms with E-state index in [1.54, 1.807) is 18.3 Å². The number of aromatic amines is 1. The van der Waals surface area contributed by atoms with Crippen LogP contribution in [0.15, 0.2) is 83.8 Å². The van der Waals surface area contributed by atoms with E-state index >= 15 is 0 Å². The van der Waals surface area contributed by atoms with Gasteiger partial charge in [0, 0.05) is 24.7 Å². The minimum Gasteiger partial charge on any atom is -0.339 e. The summed E-state index contributed by atoms with van der Waals surface area (Å²) in [5, 5.41) is 12.7. The van der Waals surface area contributed by atoms with Gasteiger partial charge in [-0.05, 0) is 34.5 Å². The number of rotatable bonds is 4. The first-order valence-corrected chi connectivity index (χ1v) is 10.9. The lowest BCUT2D eigenvalue weighted by Crippen LogP contribution is -2.66. The number of hydrogen-bond donors (Lipinski definition) is 3. The van der Waals surface area contributed by atoms with Gasteiger partial charge in [-0.1, -0.05) is 48.5 Å². The van der Waals surface area contributed by atoms with Gasteiger partial charge in [0.15, 0.2) is 5.69 Å². The molecule has 168 valence electrons. The summed E-state index contributed by atoms with van der Waals surface area (Å²) >= 11 is 0. The lowest BCUT2D eigenvalue weighted by Gasteiger charge is -2.43. The summed E-state index contributed by atoms with van der Waals surface area (Å²) in [5.74, 6) is -0.736. The highest BCUT2D eigenvalue weighted by atomic mass is 19.1. The average Bonchev–Trinajstić information content (AvgIpc) is 3.27. The van der Waals surface area contributed by atoms with Gasteiger partial charge in [0.2, 0.25) is 0 Å². The molecule has 5 aromatic rings. The van der Waals surface area contributed by atoms with E-state index in [4.69, 9.17) is 0 Å². The van der Waals surface area contributed by atoms with Crippen LogP contribution in [0.5, 0.6) is 0 Å². The molecule has 3 heterocycles. The molecule has 0 spiro atoms. The molecular weight excluding hydrogens is 433 g/mol.